The Morgan fingerprint density at radius 1 is 1.20 bits per heavy atom. The Morgan fingerprint density at radius 3 is 2.70 bits per heavy atom. The van der Waals surface area contributed by atoms with Crippen molar-refractivity contribution in [1.82, 2.24) is 0 Å². The van der Waals surface area contributed by atoms with E-state index in [0.29, 0.717) is 18.9 Å². The molecule has 2 rings (SSSR count). The second-order valence-corrected chi connectivity index (χ2v) is 5.45. The molecule has 0 saturated carbocycles. The maximum Gasteiger partial charge on any atom is 0.120 e. The van der Waals surface area contributed by atoms with Gasteiger partial charge in [-0.3, -0.25) is 0 Å². The third-order valence-electron chi connectivity index (χ3n) is 3.02. The first-order chi connectivity index (χ1) is 9.60. The van der Waals surface area contributed by atoms with Crippen LogP contribution in [-0.4, -0.2) is 11.7 Å². The number of ether oxygens (including phenoxy) is 1. The summed E-state index contributed by atoms with van der Waals surface area (Å²) < 4.78 is 6.42. The van der Waals surface area contributed by atoms with Gasteiger partial charge in [0, 0.05) is 22.3 Å². The molecule has 3 nitrogen and oxygen atoms in total. The molecular formula is C16H18BrNO2. The maximum absolute atomic E-state index is 9.82. The van der Waals surface area contributed by atoms with Gasteiger partial charge in [-0.05, 0) is 55.8 Å². The molecule has 0 radical (unpaired) electrons. The molecule has 0 aliphatic carbocycles. The summed E-state index contributed by atoms with van der Waals surface area (Å²) in [4.78, 5) is 0. The highest BCUT2D eigenvalue weighted by molar-refractivity contribution is 9.10. The Balaban J connectivity index is 2.09. The molecule has 0 fully saturated rings. The molecule has 2 aromatic carbocycles. The number of nitrogens with one attached hydrogen (secondary N) is 1. The third kappa shape index (κ3) is 3.67. The van der Waals surface area contributed by atoms with E-state index in [1.807, 2.05) is 44.2 Å². The van der Waals surface area contributed by atoms with Gasteiger partial charge >= 0.3 is 0 Å². The van der Waals surface area contributed by atoms with Crippen LogP contribution in [0.15, 0.2) is 40.9 Å². The van der Waals surface area contributed by atoms with Gasteiger partial charge in [0.05, 0.1) is 6.61 Å². The molecule has 0 amide bonds. The number of aromatic hydroxyl groups is 1. The van der Waals surface area contributed by atoms with Crippen molar-refractivity contribution in [3.05, 3.63) is 52.0 Å². The molecule has 106 valence electrons. The first kappa shape index (κ1) is 14.7. The summed E-state index contributed by atoms with van der Waals surface area (Å²) in [5, 5.41) is 13.1. The van der Waals surface area contributed by atoms with Gasteiger partial charge < -0.3 is 15.2 Å². The van der Waals surface area contributed by atoms with E-state index in [4.69, 9.17) is 4.74 Å². The molecule has 4 heteroatoms. The number of rotatable bonds is 5. The van der Waals surface area contributed by atoms with Crippen LogP contribution >= 0.6 is 15.9 Å². The fraction of sp³-hybridized carbons (Fsp3) is 0.250. The lowest BCUT2D eigenvalue weighted by atomic mass is 10.1. The van der Waals surface area contributed by atoms with Crippen molar-refractivity contribution in [2.75, 3.05) is 11.9 Å². The molecule has 0 aromatic heterocycles. The van der Waals surface area contributed by atoms with E-state index in [-0.39, 0.29) is 0 Å². The summed E-state index contributed by atoms with van der Waals surface area (Å²) in [6.07, 6.45) is 0. The minimum atomic E-state index is 0.296. The summed E-state index contributed by atoms with van der Waals surface area (Å²) >= 11 is 3.41. The highest BCUT2D eigenvalue weighted by Crippen LogP contribution is 2.25. The Hall–Kier alpha value is -1.68. The van der Waals surface area contributed by atoms with Crippen molar-refractivity contribution >= 4 is 21.6 Å². The number of anilines is 1. The van der Waals surface area contributed by atoms with Gasteiger partial charge in [-0.1, -0.05) is 15.9 Å². The quantitative estimate of drug-likeness (QED) is 0.846. The lowest BCUT2D eigenvalue weighted by Gasteiger charge is -2.12. The lowest BCUT2D eigenvalue weighted by Crippen LogP contribution is -2.02. The number of halogens is 1. The summed E-state index contributed by atoms with van der Waals surface area (Å²) in [7, 11) is 0. The fourth-order valence-electron chi connectivity index (χ4n) is 1.98. The van der Waals surface area contributed by atoms with Crippen molar-refractivity contribution in [2.24, 2.45) is 0 Å². The molecule has 0 heterocycles. The van der Waals surface area contributed by atoms with Crippen LogP contribution in [0.5, 0.6) is 11.5 Å². The van der Waals surface area contributed by atoms with E-state index in [1.54, 1.807) is 6.07 Å². The number of aryl methyl sites for hydroxylation is 1. The standard InChI is InChI=1S/C16H18BrNO2/c1-3-20-14-5-6-15(11(2)8-14)18-10-12-9-13(17)4-7-16(12)19/h4-9,18-19H,3,10H2,1-2H3. The monoisotopic (exact) mass is 335 g/mol. The van der Waals surface area contributed by atoms with Crippen molar-refractivity contribution < 1.29 is 9.84 Å². The van der Waals surface area contributed by atoms with Crippen LogP contribution in [0, 0.1) is 6.92 Å². The van der Waals surface area contributed by atoms with E-state index in [0.717, 1.165) is 27.0 Å². The zero-order valence-corrected chi connectivity index (χ0v) is 13.2. The number of phenols is 1. The Bertz CT molecular complexity index is 599. The molecule has 2 aromatic rings. The normalized spacial score (nSPS) is 10.3. The van der Waals surface area contributed by atoms with Gasteiger partial charge in [0.1, 0.15) is 11.5 Å². The molecule has 0 aliphatic heterocycles. The smallest absolute Gasteiger partial charge is 0.120 e. The SMILES string of the molecule is CCOc1ccc(NCc2cc(Br)ccc2O)c(C)c1. The molecular weight excluding hydrogens is 318 g/mol. The van der Waals surface area contributed by atoms with E-state index in [2.05, 4.69) is 21.2 Å². The maximum atomic E-state index is 9.82. The number of hydrogen-bond donors (Lipinski definition) is 2. The van der Waals surface area contributed by atoms with E-state index >= 15 is 0 Å². The summed E-state index contributed by atoms with van der Waals surface area (Å²) in [5.74, 6) is 1.17. The van der Waals surface area contributed by atoms with Crippen LogP contribution < -0.4 is 10.1 Å². The van der Waals surface area contributed by atoms with Gasteiger partial charge in [-0.2, -0.15) is 0 Å². The Labute approximate surface area is 127 Å². The van der Waals surface area contributed by atoms with Gasteiger partial charge in [0.15, 0.2) is 0 Å². The van der Waals surface area contributed by atoms with Gasteiger partial charge in [0.2, 0.25) is 0 Å². The van der Waals surface area contributed by atoms with Crippen molar-refractivity contribution in [3.63, 3.8) is 0 Å². The van der Waals surface area contributed by atoms with Crippen molar-refractivity contribution in [1.29, 1.82) is 0 Å². The third-order valence-corrected chi connectivity index (χ3v) is 3.51. The Morgan fingerprint density at radius 2 is 2.00 bits per heavy atom. The summed E-state index contributed by atoms with van der Waals surface area (Å²) in [6.45, 7) is 5.24. The van der Waals surface area contributed by atoms with Crippen LogP contribution in [0.3, 0.4) is 0 Å². The first-order valence-electron chi connectivity index (χ1n) is 6.55. The van der Waals surface area contributed by atoms with Crippen LogP contribution in [0.25, 0.3) is 0 Å². The first-order valence-corrected chi connectivity index (χ1v) is 7.34. The zero-order chi connectivity index (χ0) is 14.5. The molecule has 2 N–H and O–H groups in total. The van der Waals surface area contributed by atoms with Crippen LogP contribution in [-0.2, 0) is 6.54 Å². The predicted molar refractivity (Wildman–Crippen MR) is 85.5 cm³/mol. The van der Waals surface area contributed by atoms with E-state index in [9.17, 15) is 5.11 Å². The highest BCUT2D eigenvalue weighted by atomic mass is 79.9. The minimum Gasteiger partial charge on any atom is -0.508 e. The second-order valence-electron chi connectivity index (χ2n) is 4.54. The molecule has 0 spiro atoms. The number of hydrogen-bond acceptors (Lipinski definition) is 3. The Kier molecular flexibility index (Phi) is 4.90. The molecule has 0 bridgehead atoms. The van der Waals surface area contributed by atoms with Gasteiger partial charge in [0.25, 0.3) is 0 Å². The minimum absolute atomic E-state index is 0.296. The largest absolute Gasteiger partial charge is 0.508 e. The second kappa shape index (κ2) is 6.66. The summed E-state index contributed by atoms with van der Waals surface area (Å²) in [5.41, 5.74) is 3.01. The number of phenolic OH excluding ortho intramolecular Hbond substituents is 1. The van der Waals surface area contributed by atoms with Crippen molar-refractivity contribution in [3.8, 4) is 11.5 Å². The topological polar surface area (TPSA) is 41.5 Å². The average molecular weight is 336 g/mol. The van der Waals surface area contributed by atoms with E-state index < -0.39 is 0 Å². The molecule has 0 aliphatic rings. The lowest BCUT2D eigenvalue weighted by molar-refractivity contribution is 0.340. The van der Waals surface area contributed by atoms with Crippen molar-refractivity contribution in [2.45, 2.75) is 20.4 Å². The average Bonchev–Trinajstić information content (AvgIpc) is 2.42. The molecule has 0 atom stereocenters. The van der Waals surface area contributed by atoms with Crippen LogP contribution in [0.1, 0.15) is 18.1 Å². The molecule has 0 unspecified atom stereocenters. The van der Waals surface area contributed by atoms with Crippen LogP contribution in [0.2, 0.25) is 0 Å². The highest BCUT2D eigenvalue weighted by Gasteiger charge is 2.04. The predicted octanol–water partition coefficient (Wildman–Crippen LogP) is 4.47. The molecule has 0 saturated heterocycles. The number of benzene rings is 2. The van der Waals surface area contributed by atoms with Gasteiger partial charge in [-0.15, -0.1) is 0 Å². The van der Waals surface area contributed by atoms with Gasteiger partial charge in [-0.25, -0.2) is 0 Å². The summed E-state index contributed by atoms with van der Waals surface area (Å²) in [6, 6.07) is 11.4. The molecule has 20 heavy (non-hydrogen) atoms. The van der Waals surface area contributed by atoms with E-state index in [1.165, 1.54) is 0 Å². The fourth-order valence-corrected chi connectivity index (χ4v) is 2.39. The van der Waals surface area contributed by atoms with Crippen LogP contribution in [0.4, 0.5) is 5.69 Å². The zero-order valence-electron chi connectivity index (χ0n) is 11.6.